The molecule has 12 atom stereocenters. The molecular weight excluding hydrogens is 1390 g/mol. The summed E-state index contributed by atoms with van der Waals surface area (Å²) in [6, 6.07) is 97.5. The zero-order chi connectivity index (χ0) is 74.1. The molecule has 0 bridgehead atoms. The van der Waals surface area contributed by atoms with Gasteiger partial charge in [-0.25, -0.2) is 0 Å². The highest BCUT2D eigenvalue weighted by molar-refractivity contribution is 7.86. The van der Waals surface area contributed by atoms with Gasteiger partial charge in [0.05, 0.1) is 86.0 Å². The van der Waals surface area contributed by atoms with Crippen LogP contribution in [0.4, 0.5) is 0 Å². The van der Waals surface area contributed by atoms with Gasteiger partial charge in [0.2, 0.25) is 0 Å². The molecule has 1 saturated heterocycles. The van der Waals surface area contributed by atoms with Crippen LogP contribution in [0.3, 0.4) is 0 Å². The first-order valence-corrected chi connectivity index (χ1v) is 40.3. The van der Waals surface area contributed by atoms with Crippen LogP contribution >= 0.6 is 0 Å². The van der Waals surface area contributed by atoms with Gasteiger partial charge < -0.3 is 61.3 Å². The zero-order valence-corrected chi connectivity index (χ0v) is 63.3. The predicted octanol–water partition coefficient (Wildman–Crippen LogP) is 14.7. The Morgan fingerprint density at radius 2 is 0.654 bits per heavy atom. The second-order valence-electron chi connectivity index (χ2n) is 28.0. The molecule has 1 heterocycles. The van der Waals surface area contributed by atoms with Crippen LogP contribution in [-0.2, 0) is 124 Å². The van der Waals surface area contributed by atoms with Gasteiger partial charge in [-0.3, -0.25) is 4.18 Å². The van der Waals surface area contributed by atoms with E-state index in [2.05, 4.69) is 45.0 Å². The van der Waals surface area contributed by atoms with E-state index in [1.165, 1.54) is 0 Å². The third kappa shape index (κ3) is 22.0. The standard InChI is InChI=1S/C89H98O16SSi/c1-89(2,3)107(76-47-29-13-30-48-76,77-49-31-14-32-50-77)102-64-75(105-106(5,90)91)63-101-83-81(96-58-69-39-21-9-22-40-69)82(97-59-70-41-23-10-24-42-70)84(98-60-71-43-25-11-26-44-71)86(85(83)99-62-73-51-53-74(92-4)54-52-73)104-88-87(100-61-72-45-27-12-28-46-72)80(95-57-68-37-19-8-20-38-68)79(94-56-67-35-17-7-18-36-67)78(103-88)65-93-55-66-33-15-6-16-34-66/h6-54,75,78-88H,55-65H2,1-5H3/t75-,78-,79-,80+,81+,82+,83-,84-,85+,86-,87+,88-/m1/s1. The number of hydrogen-bond donors (Lipinski definition) is 0. The highest BCUT2D eigenvalue weighted by Crippen LogP contribution is 2.41. The third-order valence-electron chi connectivity index (χ3n) is 19.2. The van der Waals surface area contributed by atoms with Gasteiger partial charge in [-0.15, -0.1) is 0 Å². The van der Waals surface area contributed by atoms with Gasteiger partial charge >= 0.3 is 0 Å². The Morgan fingerprint density at radius 3 is 1.00 bits per heavy atom. The Balaban J connectivity index is 1.03. The summed E-state index contributed by atoms with van der Waals surface area (Å²) in [6.45, 7) is 6.92. The van der Waals surface area contributed by atoms with E-state index in [1.807, 2.05) is 273 Å². The Kier molecular flexibility index (Phi) is 28.6. The highest BCUT2D eigenvalue weighted by atomic mass is 32.2. The summed E-state index contributed by atoms with van der Waals surface area (Å²) in [5.74, 6) is 0.654. The first-order valence-electron chi connectivity index (χ1n) is 36.6. The maximum Gasteiger partial charge on any atom is 0.264 e. The fraction of sp³-hybridized carbons (Fsp3) is 0.326. The van der Waals surface area contributed by atoms with Crippen molar-refractivity contribution in [2.75, 3.05) is 33.2 Å². The van der Waals surface area contributed by atoms with E-state index in [9.17, 15) is 8.42 Å². The zero-order valence-electron chi connectivity index (χ0n) is 61.4. The predicted molar refractivity (Wildman–Crippen MR) is 414 cm³/mol. The molecule has 10 aromatic carbocycles. The van der Waals surface area contributed by atoms with Crippen LogP contribution in [-0.4, -0.2) is 123 Å². The fourth-order valence-corrected chi connectivity index (χ4v) is 19.2. The smallest absolute Gasteiger partial charge is 0.264 e. The molecule has 12 rings (SSSR count). The molecule has 1 aliphatic heterocycles. The summed E-state index contributed by atoms with van der Waals surface area (Å²) in [4.78, 5) is 0. The van der Waals surface area contributed by atoms with E-state index in [1.54, 1.807) is 7.11 Å². The fourth-order valence-electron chi connectivity index (χ4n) is 14.0. The number of benzene rings is 10. The van der Waals surface area contributed by atoms with Gasteiger partial charge in [0.1, 0.15) is 72.9 Å². The Bertz CT molecular complexity index is 4240. The molecule has 2 aliphatic rings. The van der Waals surface area contributed by atoms with Gasteiger partial charge in [-0.1, -0.05) is 306 Å². The van der Waals surface area contributed by atoms with Crippen LogP contribution in [0.25, 0.3) is 0 Å². The minimum atomic E-state index is -4.22. The largest absolute Gasteiger partial charge is 0.497 e. The van der Waals surface area contributed by atoms with E-state index in [4.69, 9.17) is 65.5 Å². The Morgan fingerprint density at radius 1 is 0.355 bits per heavy atom. The molecule has 16 nitrogen and oxygen atoms in total. The normalized spacial score (nSPS) is 21.5. The summed E-state index contributed by atoms with van der Waals surface area (Å²) in [6.07, 6.45) is -12.1. The van der Waals surface area contributed by atoms with Crippen molar-refractivity contribution < 1.29 is 73.9 Å². The molecule has 107 heavy (non-hydrogen) atoms. The molecule has 560 valence electrons. The molecule has 0 aromatic heterocycles. The van der Waals surface area contributed by atoms with Crippen molar-refractivity contribution in [1.82, 2.24) is 0 Å². The van der Waals surface area contributed by atoms with Crippen molar-refractivity contribution in [2.24, 2.45) is 0 Å². The lowest BCUT2D eigenvalue weighted by Gasteiger charge is -2.52. The molecule has 0 radical (unpaired) electrons. The van der Waals surface area contributed by atoms with Crippen LogP contribution in [0.2, 0.25) is 5.04 Å². The average Bonchev–Trinajstić information content (AvgIpc) is 0.757. The molecule has 0 amide bonds. The molecule has 0 N–H and O–H groups in total. The van der Waals surface area contributed by atoms with Crippen molar-refractivity contribution >= 4 is 28.8 Å². The van der Waals surface area contributed by atoms with Gasteiger partial charge in [0.15, 0.2) is 6.29 Å². The maximum absolute atomic E-state index is 14.0. The summed E-state index contributed by atoms with van der Waals surface area (Å²) < 4.78 is 129. The first kappa shape index (κ1) is 78.2. The van der Waals surface area contributed by atoms with Crippen molar-refractivity contribution in [3.05, 3.63) is 342 Å². The molecule has 10 aromatic rings. The molecule has 1 aliphatic carbocycles. The minimum Gasteiger partial charge on any atom is -0.497 e. The van der Waals surface area contributed by atoms with Gasteiger partial charge in [0, 0.05) is 0 Å². The van der Waals surface area contributed by atoms with Crippen LogP contribution in [0.15, 0.2) is 297 Å². The lowest BCUT2D eigenvalue weighted by molar-refractivity contribution is -0.366. The minimum absolute atomic E-state index is 0.00537. The van der Waals surface area contributed by atoms with Crippen molar-refractivity contribution in [1.29, 1.82) is 0 Å². The van der Waals surface area contributed by atoms with Gasteiger partial charge in [-0.05, 0) is 72.1 Å². The summed E-state index contributed by atoms with van der Waals surface area (Å²) in [7, 11) is -5.95. The third-order valence-corrected chi connectivity index (χ3v) is 24.8. The average molecular weight is 1480 g/mol. The molecule has 2 fully saturated rings. The van der Waals surface area contributed by atoms with E-state index in [0.717, 1.165) is 61.1 Å². The molecule has 18 heteroatoms. The molecule has 1 saturated carbocycles. The number of methoxy groups -OCH3 is 1. The molecule has 0 spiro atoms. The van der Waals surface area contributed by atoms with Crippen LogP contribution in [0.5, 0.6) is 5.75 Å². The SMILES string of the molecule is COc1ccc(CO[C@H]2[C@H](OC[C@H](CO[Si](c3ccccc3)(c3ccccc3)C(C)(C)C)OS(C)(=O)=O)[C@@H](OCc3ccccc3)[C@H](OCc3ccccc3)[C@@H](OCc3ccccc3)[C@H]2O[C@H]2O[C@H](COCc3ccccc3)[C@@H](OCc3ccccc3)[C@H](OCc3ccccc3)[C@@H]2OCc2ccccc2)cc1. The maximum atomic E-state index is 14.0. The second-order valence-corrected chi connectivity index (χ2v) is 33.9. The number of rotatable bonds is 38. The van der Waals surface area contributed by atoms with Crippen molar-refractivity contribution in [2.45, 2.75) is 152 Å². The first-order chi connectivity index (χ1) is 52.3. The van der Waals surface area contributed by atoms with Gasteiger partial charge in [0.25, 0.3) is 18.4 Å². The van der Waals surface area contributed by atoms with Crippen molar-refractivity contribution in [3.63, 3.8) is 0 Å². The Labute approximate surface area is 631 Å². The quantitative estimate of drug-likeness (QED) is 0.0265. The van der Waals surface area contributed by atoms with Gasteiger partial charge in [-0.2, -0.15) is 8.42 Å². The monoisotopic (exact) mass is 1480 g/mol. The van der Waals surface area contributed by atoms with Crippen LogP contribution < -0.4 is 15.1 Å². The summed E-state index contributed by atoms with van der Waals surface area (Å²) >= 11 is 0. The van der Waals surface area contributed by atoms with E-state index in [-0.39, 0.29) is 72.7 Å². The molecular formula is C89H98O16SSi. The van der Waals surface area contributed by atoms with E-state index in [0.29, 0.717) is 5.75 Å². The molecule has 0 unspecified atom stereocenters. The van der Waals surface area contributed by atoms with Crippen LogP contribution in [0.1, 0.15) is 65.3 Å². The van der Waals surface area contributed by atoms with Crippen LogP contribution in [0, 0.1) is 0 Å². The van der Waals surface area contributed by atoms with E-state index < -0.39 is 96.9 Å². The summed E-state index contributed by atoms with van der Waals surface area (Å²) in [5.41, 5.74) is 7.09. The number of ether oxygens (including phenoxy) is 12. The lowest BCUT2D eigenvalue weighted by Crippen LogP contribution is -2.70. The summed E-state index contributed by atoms with van der Waals surface area (Å²) in [5, 5.41) is 1.49. The van der Waals surface area contributed by atoms with Crippen molar-refractivity contribution in [3.8, 4) is 5.75 Å². The topological polar surface area (TPSA) is 163 Å². The second kappa shape index (κ2) is 39.1. The number of hydrogen-bond acceptors (Lipinski definition) is 16. The van der Waals surface area contributed by atoms with E-state index >= 15 is 0 Å². The highest BCUT2D eigenvalue weighted by Gasteiger charge is 2.59. The lowest BCUT2D eigenvalue weighted by atomic mass is 9.83. The Hall–Kier alpha value is -8.35.